The summed E-state index contributed by atoms with van der Waals surface area (Å²) in [6.45, 7) is 6.94. The highest BCUT2D eigenvalue weighted by Crippen LogP contribution is 2.26. The summed E-state index contributed by atoms with van der Waals surface area (Å²) < 4.78 is 5.39. The molecule has 2 unspecified atom stereocenters. The van der Waals surface area contributed by atoms with E-state index < -0.39 is 0 Å². The zero-order valence-corrected chi connectivity index (χ0v) is 12.3. The van der Waals surface area contributed by atoms with Gasteiger partial charge in [0.2, 0.25) is 5.91 Å². The topological polar surface area (TPSA) is 50.4 Å². The predicted molar refractivity (Wildman–Crippen MR) is 76.0 cm³/mol. The van der Waals surface area contributed by atoms with Crippen molar-refractivity contribution >= 4 is 5.91 Å². The second-order valence-electron chi connectivity index (χ2n) is 6.07. The molecular formula is C15H28N2O2. The van der Waals surface area contributed by atoms with E-state index in [1.807, 2.05) is 0 Å². The summed E-state index contributed by atoms with van der Waals surface area (Å²) in [4.78, 5) is 12.6. The maximum Gasteiger partial charge on any atom is 0.240 e. The van der Waals surface area contributed by atoms with Gasteiger partial charge in [0.25, 0.3) is 0 Å². The molecule has 0 aromatic heterocycles. The Hall–Kier alpha value is -0.610. The monoisotopic (exact) mass is 268 g/mol. The number of carbonyl (C=O) groups is 1. The highest BCUT2D eigenvalue weighted by molar-refractivity contribution is 5.86. The molecular weight excluding hydrogens is 240 g/mol. The van der Waals surface area contributed by atoms with Crippen molar-refractivity contribution in [1.29, 1.82) is 0 Å². The Bertz CT molecular complexity index is 295. The molecule has 4 nitrogen and oxygen atoms in total. The van der Waals surface area contributed by atoms with Crippen molar-refractivity contribution in [3.8, 4) is 0 Å². The van der Waals surface area contributed by atoms with Gasteiger partial charge >= 0.3 is 0 Å². The Kier molecular flexibility index (Phi) is 5.22. The lowest BCUT2D eigenvalue weighted by atomic mass is 9.88. The first kappa shape index (κ1) is 14.8. The fourth-order valence-electron chi connectivity index (χ4n) is 3.43. The second kappa shape index (κ2) is 6.71. The van der Waals surface area contributed by atoms with Gasteiger partial charge in [0.15, 0.2) is 0 Å². The molecule has 0 aromatic rings. The van der Waals surface area contributed by atoms with Crippen molar-refractivity contribution in [3.05, 3.63) is 0 Å². The van der Waals surface area contributed by atoms with Crippen LogP contribution in [-0.2, 0) is 9.53 Å². The van der Waals surface area contributed by atoms with Crippen LogP contribution >= 0.6 is 0 Å². The maximum absolute atomic E-state index is 12.6. The third-order valence-electron chi connectivity index (χ3n) is 4.69. The summed E-state index contributed by atoms with van der Waals surface area (Å²) in [5.41, 5.74) is -0.297. The molecule has 4 heteroatoms. The van der Waals surface area contributed by atoms with Gasteiger partial charge in [-0.3, -0.25) is 4.79 Å². The third kappa shape index (κ3) is 3.48. The Morgan fingerprint density at radius 2 is 2.21 bits per heavy atom. The van der Waals surface area contributed by atoms with Crippen molar-refractivity contribution in [1.82, 2.24) is 10.6 Å². The van der Waals surface area contributed by atoms with Gasteiger partial charge < -0.3 is 15.4 Å². The molecule has 2 rings (SSSR count). The molecule has 2 atom stereocenters. The van der Waals surface area contributed by atoms with E-state index in [0.29, 0.717) is 5.92 Å². The summed E-state index contributed by atoms with van der Waals surface area (Å²) in [5, 5.41) is 6.70. The minimum absolute atomic E-state index is 0.214. The summed E-state index contributed by atoms with van der Waals surface area (Å²) in [7, 11) is 0. The fourth-order valence-corrected chi connectivity index (χ4v) is 3.43. The first-order chi connectivity index (χ1) is 9.18. The quantitative estimate of drug-likeness (QED) is 0.800. The average molecular weight is 268 g/mol. The molecule has 0 radical (unpaired) electrons. The van der Waals surface area contributed by atoms with Crippen LogP contribution in [-0.4, -0.2) is 37.2 Å². The number of amides is 1. The van der Waals surface area contributed by atoms with Crippen LogP contribution in [0.2, 0.25) is 0 Å². The van der Waals surface area contributed by atoms with Crippen LogP contribution in [0.1, 0.15) is 52.4 Å². The van der Waals surface area contributed by atoms with Gasteiger partial charge in [0.05, 0.1) is 5.54 Å². The van der Waals surface area contributed by atoms with E-state index >= 15 is 0 Å². The molecule has 2 saturated heterocycles. The number of rotatable bonds is 5. The van der Waals surface area contributed by atoms with Crippen LogP contribution in [0.15, 0.2) is 0 Å². The number of nitrogens with one attached hydrogen (secondary N) is 2. The highest BCUT2D eigenvalue weighted by atomic mass is 16.5. The van der Waals surface area contributed by atoms with E-state index in [1.54, 1.807) is 0 Å². The van der Waals surface area contributed by atoms with Gasteiger partial charge in [-0.25, -0.2) is 0 Å². The molecule has 1 amide bonds. The number of carbonyl (C=O) groups excluding carboxylic acids is 1. The minimum atomic E-state index is -0.297. The second-order valence-corrected chi connectivity index (χ2v) is 6.07. The molecule has 0 spiro atoms. The van der Waals surface area contributed by atoms with Crippen molar-refractivity contribution in [3.63, 3.8) is 0 Å². The molecule has 2 heterocycles. The summed E-state index contributed by atoms with van der Waals surface area (Å²) in [6.07, 6.45) is 6.21. The van der Waals surface area contributed by atoms with Crippen LogP contribution in [0.4, 0.5) is 0 Å². The van der Waals surface area contributed by atoms with Crippen molar-refractivity contribution in [2.45, 2.75) is 64.0 Å². The Balaban J connectivity index is 1.90. The van der Waals surface area contributed by atoms with Gasteiger partial charge in [-0.1, -0.05) is 13.3 Å². The van der Waals surface area contributed by atoms with Crippen LogP contribution in [0.5, 0.6) is 0 Å². The van der Waals surface area contributed by atoms with Crippen molar-refractivity contribution in [2.24, 2.45) is 5.92 Å². The van der Waals surface area contributed by atoms with Crippen molar-refractivity contribution < 1.29 is 9.53 Å². The summed E-state index contributed by atoms with van der Waals surface area (Å²) in [5.74, 6) is 0.781. The molecule has 2 aliphatic rings. The van der Waals surface area contributed by atoms with Gasteiger partial charge in [0, 0.05) is 19.3 Å². The van der Waals surface area contributed by atoms with Gasteiger partial charge in [-0.2, -0.15) is 0 Å². The molecule has 2 N–H and O–H groups in total. The van der Waals surface area contributed by atoms with Gasteiger partial charge in [-0.05, 0) is 51.5 Å². The smallest absolute Gasteiger partial charge is 0.240 e. The lowest BCUT2D eigenvalue weighted by Gasteiger charge is -2.33. The zero-order valence-electron chi connectivity index (χ0n) is 12.3. The molecule has 110 valence electrons. The normalized spacial score (nSPS) is 30.2. The summed E-state index contributed by atoms with van der Waals surface area (Å²) in [6, 6.07) is 0.257. The SMILES string of the molecule is CCCC1(C(=O)NC(C)C2CCOCC2)CCCN1. The van der Waals surface area contributed by atoms with Crippen LogP contribution in [0.25, 0.3) is 0 Å². The Morgan fingerprint density at radius 3 is 2.79 bits per heavy atom. The highest BCUT2D eigenvalue weighted by Gasteiger charge is 2.40. The molecule has 0 bridgehead atoms. The number of hydrogen-bond donors (Lipinski definition) is 2. The largest absolute Gasteiger partial charge is 0.381 e. The number of ether oxygens (including phenoxy) is 1. The van der Waals surface area contributed by atoms with E-state index in [0.717, 1.165) is 58.3 Å². The summed E-state index contributed by atoms with van der Waals surface area (Å²) >= 11 is 0. The molecule has 0 aromatic carbocycles. The molecule has 2 aliphatic heterocycles. The van der Waals surface area contributed by atoms with E-state index in [4.69, 9.17) is 4.74 Å². The lowest BCUT2D eigenvalue weighted by molar-refractivity contribution is -0.128. The Labute approximate surface area is 116 Å². The third-order valence-corrected chi connectivity index (χ3v) is 4.69. The molecule has 0 saturated carbocycles. The van der Waals surface area contributed by atoms with Gasteiger partial charge in [0.1, 0.15) is 0 Å². The first-order valence-electron chi connectivity index (χ1n) is 7.82. The zero-order chi connectivity index (χ0) is 13.7. The van der Waals surface area contributed by atoms with Crippen LogP contribution in [0, 0.1) is 5.92 Å². The predicted octanol–water partition coefficient (Wildman–Crippen LogP) is 1.84. The molecule has 0 aliphatic carbocycles. The maximum atomic E-state index is 12.6. The van der Waals surface area contributed by atoms with E-state index in [1.165, 1.54) is 0 Å². The molecule has 2 fully saturated rings. The van der Waals surface area contributed by atoms with E-state index in [9.17, 15) is 4.79 Å². The standard InChI is InChI=1S/C15H28N2O2/c1-3-7-15(8-4-9-16-15)14(18)17-12(2)13-5-10-19-11-6-13/h12-13,16H,3-11H2,1-2H3,(H,17,18). The first-order valence-corrected chi connectivity index (χ1v) is 7.82. The lowest BCUT2D eigenvalue weighted by Crippen LogP contribution is -2.56. The molecule has 19 heavy (non-hydrogen) atoms. The number of hydrogen-bond acceptors (Lipinski definition) is 3. The minimum Gasteiger partial charge on any atom is -0.381 e. The van der Waals surface area contributed by atoms with E-state index in [2.05, 4.69) is 24.5 Å². The average Bonchev–Trinajstić information content (AvgIpc) is 2.90. The van der Waals surface area contributed by atoms with Crippen LogP contribution in [0.3, 0.4) is 0 Å². The van der Waals surface area contributed by atoms with Crippen LogP contribution < -0.4 is 10.6 Å². The Morgan fingerprint density at radius 1 is 1.47 bits per heavy atom. The van der Waals surface area contributed by atoms with E-state index in [-0.39, 0.29) is 17.5 Å². The van der Waals surface area contributed by atoms with Gasteiger partial charge in [-0.15, -0.1) is 0 Å². The fraction of sp³-hybridized carbons (Fsp3) is 0.933. The van der Waals surface area contributed by atoms with Crippen molar-refractivity contribution in [2.75, 3.05) is 19.8 Å².